The molecular weight excluding hydrogens is 238 g/mol. The van der Waals surface area contributed by atoms with Gasteiger partial charge in [0.1, 0.15) is 5.82 Å². The molecule has 0 saturated heterocycles. The summed E-state index contributed by atoms with van der Waals surface area (Å²) in [6.45, 7) is 4.27. The van der Waals surface area contributed by atoms with Crippen LogP contribution in [0.4, 0.5) is 5.82 Å². The predicted molar refractivity (Wildman–Crippen MR) is 76.9 cm³/mol. The van der Waals surface area contributed by atoms with Crippen LogP contribution in [0, 0.1) is 5.92 Å². The first-order chi connectivity index (χ1) is 9.13. The Morgan fingerprint density at radius 2 is 2.21 bits per heavy atom. The highest BCUT2D eigenvalue weighted by Gasteiger charge is 2.37. The van der Waals surface area contributed by atoms with Crippen LogP contribution in [-0.4, -0.2) is 16.9 Å². The van der Waals surface area contributed by atoms with E-state index in [1.165, 1.54) is 12.8 Å². The molecule has 1 aliphatic rings. The molecule has 2 rings (SSSR count). The van der Waals surface area contributed by atoms with Crippen molar-refractivity contribution in [3.8, 4) is 0 Å². The smallest absolute Gasteiger partial charge is 0.251 e. The van der Waals surface area contributed by atoms with Gasteiger partial charge in [0.25, 0.3) is 5.91 Å². The Balaban J connectivity index is 1.99. The molecule has 4 nitrogen and oxygen atoms in total. The van der Waals surface area contributed by atoms with Gasteiger partial charge in [0, 0.05) is 17.3 Å². The monoisotopic (exact) mass is 261 g/mol. The van der Waals surface area contributed by atoms with Gasteiger partial charge in [0.05, 0.1) is 0 Å². The van der Waals surface area contributed by atoms with E-state index in [0.717, 1.165) is 25.0 Å². The van der Waals surface area contributed by atoms with E-state index in [1.807, 2.05) is 6.07 Å². The molecular formula is C15H23N3O. The number of nitrogens with one attached hydrogen (secondary N) is 1. The van der Waals surface area contributed by atoms with Gasteiger partial charge < -0.3 is 11.1 Å². The van der Waals surface area contributed by atoms with Crippen LogP contribution in [0.25, 0.3) is 0 Å². The molecule has 1 aliphatic carbocycles. The van der Waals surface area contributed by atoms with Crippen molar-refractivity contribution in [2.24, 2.45) is 5.92 Å². The third-order valence-electron chi connectivity index (χ3n) is 3.57. The topological polar surface area (TPSA) is 68.0 Å². The molecule has 1 aromatic heterocycles. The summed E-state index contributed by atoms with van der Waals surface area (Å²) < 4.78 is 0. The summed E-state index contributed by atoms with van der Waals surface area (Å²) in [5.41, 5.74) is 7.29. The zero-order valence-electron chi connectivity index (χ0n) is 11.8. The van der Waals surface area contributed by atoms with Crippen LogP contribution in [0.15, 0.2) is 12.1 Å². The molecule has 2 unspecified atom stereocenters. The molecule has 1 amide bonds. The first-order valence-electron chi connectivity index (χ1n) is 7.21. The van der Waals surface area contributed by atoms with Crippen LogP contribution in [0.1, 0.15) is 55.6 Å². The number of nitrogen functional groups attached to an aromatic ring is 1. The van der Waals surface area contributed by atoms with Gasteiger partial charge in [-0.1, -0.05) is 26.7 Å². The minimum absolute atomic E-state index is 0.0185. The zero-order valence-corrected chi connectivity index (χ0v) is 11.8. The number of hydrogen-bond acceptors (Lipinski definition) is 3. The fraction of sp³-hybridized carbons (Fsp3) is 0.600. The summed E-state index contributed by atoms with van der Waals surface area (Å²) in [6.07, 6.45) is 5.35. The highest BCUT2D eigenvalue weighted by atomic mass is 16.1. The molecule has 3 N–H and O–H groups in total. The summed E-state index contributed by atoms with van der Waals surface area (Å²) in [6, 6.07) is 3.87. The number of anilines is 1. The van der Waals surface area contributed by atoms with Gasteiger partial charge in [0.2, 0.25) is 0 Å². The highest BCUT2D eigenvalue weighted by Crippen LogP contribution is 2.34. The molecule has 1 saturated carbocycles. The Labute approximate surface area is 114 Å². The second-order valence-corrected chi connectivity index (χ2v) is 5.39. The number of pyridine rings is 1. The van der Waals surface area contributed by atoms with E-state index in [0.29, 0.717) is 23.3 Å². The Morgan fingerprint density at radius 3 is 2.89 bits per heavy atom. The average molecular weight is 261 g/mol. The van der Waals surface area contributed by atoms with Crippen molar-refractivity contribution in [2.75, 3.05) is 5.73 Å². The van der Waals surface area contributed by atoms with Gasteiger partial charge in [-0.2, -0.15) is 0 Å². The van der Waals surface area contributed by atoms with Gasteiger partial charge in [-0.3, -0.25) is 4.79 Å². The molecule has 1 aromatic rings. The summed E-state index contributed by atoms with van der Waals surface area (Å²) in [7, 11) is 0. The lowest BCUT2D eigenvalue weighted by Crippen LogP contribution is -2.27. The van der Waals surface area contributed by atoms with E-state index in [2.05, 4.69) is 24.1 Å². The average Bonchev–Trinajstić information content (AvgIpc) is 3.07. The highest BCUT2D eigenvalue weighted by molar-refractivity contribution is 5.95. The third-order valence-corrected chi connectivity index (χ3v) is 3.57. The fourth-order valence-corrected chi connectivity index (χ4v) is 2.49. The number of rotatable bonds is 6. The third kappa shape index (κ3) is 3.69. The number of aromatic nitrogens is 1. The van der Waals surface area contributed by atoms with Crippen molar-refractivity contribution in [1.82, 2.24) is 10.3 Å². The summed E-state index contributed by atoms with van der Waals surface area (Å²) in [5.74, 6) is 1.08. The van der Waals surface area contributed by atoms with Crippen molar-refractivity contribution in [3.05, 3.63) is 23.4 Å². The molecule has 1 fully saturated rings. The molecule has 0 bridgehead atoms. The molecule has 4 heteroatoms. The molecule has 0 aliphatic heterocycles. The maximum absolute atomic E-state index is 12.2. The first-order valence-corrected chi connectivity index (χ1v) is 7.21. The van der Waals surface area contributed by atoms with Crippen LogP contribution in [0.2, 0.25) is 0 Å². The molecule has 1 heterocycles. The van der Waals surface area contributed by atoms with Crippen LogP contribution in [0.3, 0.4) is 0 Å². The Kier molecular flexibility index (Phi) is 4.40. The Hall–Kier alpha value is -1.58. The van der Waals surface area contributed by atoms with Crippen molar-refractivity contribution in [1.29, 1.82) is 0 Å². The molecule has 19 heavy (non-hydrogen) atoms. The van der Waals surface area contributed by atoms with E-state index in [4.69, 9.17) is 5.73 Å². The number of carbonyl (C=O) groups is 1. The Morgan fingerprint density at radius 1 is 1.42 bits per heavy atom. The first kappa shape index (κ1) is 13.8. The normalized spacial score (nSPS) is 21.2. The van der Waals surface area contributed by atoms with Crippen LogP contribution in [0.5, 0.6) is 0 Å². The van der Waals surface area contributed by atoms with Crippen molar-refractivity contribution in [3.63, 3.8) is 0 Å². The summed E-state index contributed by atoms with van der Waals surface area (Å²) in [4.78, 5) is 16.4. The van der Waals surface area contributed by atoms with Gasteiger partial charge in [-0.15, -0.1) is 0 Å². The Bertz CT molecular complexity index is 459. The lowest BCUT2D eigenvalue weighted by molar-refractivity contribution is 0.0948. The minimum Gasteiger partial charge on any atom is -0.384 e. The lowest BCUT2D eigenvalue weighted by Gasteiger charge is -2.07. The van der Waals surface area contributed by atoms with Crippen LogP contribution >= 0.6 is 0 Å². The van der Waals surface area contributed by atoms with E-state index in [-0.39, 0.29) is 5.91 Å². The number of amides is 1. The quantitative estimate of drug-likeness (QED) is 0.827. The van der Waals surface area contributed by atoms with Gasteiger partial charge in [-0.05, 0) is 37.3 Å². The van der Waals surface area contributed by atoms with Gasteiger partial charge in [-0.25, -0.2) is 4.98 Å². The number of nitrogens with two attached hydrogens (primary N) is 1. The zero-order chi connectivity index (χ0) is 13.8. The van der Waals surface area contributed by atoms with E-state index in [9.17, 15) is 4.79 Å². The van der Waals surface area contributed by atoms with Crippen molar-refractivity contribution < 1.29 is 4.79 Å². The summed E-state index contributed by atoms with van der Waals surface area (Å²) in [5, 5.41) is 3.08. The largest absolute Gasteiger partial charge is 0.384 e. The lowest BCUT2D eigenvalue weighted by atomic mass is 10.1. The summed E-state index contributed by atoms with van der Waals surface area (Å²) >= 11 is 0. The molecule has 104 valence electrons. The number of nitrogens with zero attached hydrogens (tertiary/aromatic N) is 1. The van der Waals surface area contributed by atoms with Crippen LogP contribution in [-0.2, 0) is 6.42 Å². The number of hydrogen-bond donors (Lipinski definition) is 2. The fourth-order valence-electron chi connectivity index (χ4n) is 2.49. The number of carbonyl (C=O) groups excluding carboxylic acids is 1. The maximum atomic E-state index is 12.2. The standard InChI is InChI=1S/C15H23N3O/c1-3-5-10-8-13(10)18-15(19)11-7-12(6-4-2)17-14(16)9-11/h7,9-10,13H,3-6,8H2,1-2H3,(H2,16,17)(H,18,19). The second kappa shape index (κ2) is 6.04. The van der Waals surface area contributed by atoms with E-state index < -0.39 is 0 Å². The molecule has 2 atom stereocenters. The van der Waals surface area contributed by atoms with E-state index in [1.54, 1.807) is 6.07 Å². The molecule has 0 aromatic carbocycles. The number of aryl methyl sites for hydroxylation is 1. The molecule has 0 radical (unpaired) electrons. The van der Waals surface area contributed by atoms with Crippen molar-refractivity contribution >= 4 is 11.7 Å². The van der Waals surface area contributed by atoms with Gasteiger partial charge >= 0.3 is 0 Å². The second-order valence-electron chi connectivity index (χ2n) is 5.39. The van der Waals surface area contributed by atoms with Crippen molar-refractivity contribution in [2.45, 2.75) is 52.0 Å². The maximum Gasteiger partial charge on any atom is 0.251 e. The van der Waals surface area contributed by atoms with Gasteiger partial charge in [0.15, 0.2) is 0 Å². The van der Waals surface area contributed by atoms with Crippen LogP contribution < -0.4 is 11.1 Å². The minimum atomic E-state index is -0.0185. The predicted octanol–water partition coefficient (Wildman–Crippen LogP) is 2.53. The van der Waals surface area contributed by atoms with E-state index >= 15 is 0 Å². The SMILES string of the molecule is CCCc1cc(C(=O)NC2CC2CCC)cc(N)n1. The molecule has 0 spiro atoms.